The van der Waals surface area contributed by atoms with E-state index < -0.39 is 21.5 Å². The van der Waals surface area contributed by atoms with E-state index >= 15 is 0 Å². The van der Waals surface area contributed by atoms with E-state index in [9.17, 15) is 18.7 Å². The maximum absolute atomic E-state index is 13.9. The first-order chi connectivity index (χ1) is 8.49. The summed E-state index contributed by atoms with van der Waals surface area (Å²) in [5.74, 6) is 0.343. The fourth-order valence-corrected chi connectivity index (χ4v) is 3.55. The number of rotatable bonds is 2. The van der Waals surface area contributed by atoms with Crippen LogP contribution >= 0.6 is 15.9 Å². The summed E-state index contributed by atoms with van der Waals surface area (Å²) in [6, 6.07) is 2.19. The van der Waals surface area contributed by atoms with Gasteiger partial charge < -0.3 is 4.90 Å². The van der Waals surface area contributed by atoms with Crippen molar-refractivity contribution in [3.8, 4) is 0 Å². The lowest BCUT2D eigenvalue weighted by molar-refractivity contribution is -0.385. The minimum absolute atomic E-state index is 0.288. The Hall–Kier alpha value is -1.02. The van der Waals surface area contributed by atoms with Crippen molar-refractivity contribution in [2.75, 3.05) is 29.5 Å². The number of nitro groups is 1. The zero-order valence-corrected chi connectivity index (χ0v) is 11.7. The molecule has 0 amide bonds. The summed E-state index contributed by atoms with van der Waals surface area (Å²) in [6.07, 6.45) is 0. The molecule has 1 heterocycles. The van der Waals surface area contributed by atoms with Crippen molar-refractivity contribution in [3.05, 3.63) is 32.5 Å². The van der Waals surface area contributed by atoms with Crippen LogP contribution in [0.2, 0.25) is 0 Å². The molecule has 8 heteroatoms. The summed E-state index contributed by atoms with van der Waals surface area (Å²) in [6.45, 7) is 0.972. The molecule has 0 N–H and O–H groups in total. The molecule has 1 aromatic rings. The molecule has 1 aliphatic heterocycles. The Morgan fingerprint density at radius 2 is 2.00 bits per heavy atom. The van der Waals surface area contributed by atoms with Crippen LogP contribution < -0.4 is 4.90 Å². The molecule has 1 saturated heterocycles. The zero-order chi connectivity index (χ0) is 13.3. The second-order valence-electron chi connectivity index (χ2n) is 3.85. The normalized spacial score (nSPS) is 16.9. The highest BCUT2D eigenvalue weighted by molar-refractivity contribution is 9.10. The lowest BCUT2D eigenvalue weighted by atomic mass is 10.2. The molecule has 0 atom stereocenters. The SMILES string of the molecule is O=[N+]([O-])c1cc(F)c(N2CCS(=O)CC2)c(Br)c1. The van der Waals surface area contributed by atoms with E-state index in [0.717, 1.165) is 6.07 Å². The van der Waals surface area contributed by atoms with Gasteiger partial charge >= 0.3 is 0 Å². The van der Waals surface area contributed by atoms with E-state index in [4.69, 9.17) is 0 Å². The topological polar surface area (TPSA) is 63.5 Å². The lowest BCUT2D eigenvalue weighted by Gasteiger charge is -2.29. The van der Waals surface area contributed by atoms with Crippen LogP contribution in [0.3, 0.4) is 0 Å². The molecule has 2 rings (SSSR count). The van der Waals surface area contributed by atoms with E-state index in [0.29, 0.717) is 34.8 Å². The molecular weight excluding hydrogens is 327 g/mol. The minimum Gasteiger partial charge on any atom is -0.366 e. The maximum atomic E-state index is 13.9. The molecule has 0 spiro atoms. The monoisotopic (exact) mass is 336 g/mol. The van der Waals surface area contributed by atoms with Crippen molar-refractivity contribution in [1.29, 1.82) is 0 Å². The molecule has 98 valence electrons. The summed E-state index contributed by atoms with van der Waals surface area (Å²) in [7, 11) is -0.847. The number of anilines is 1. The van der Waals surface area contributed by atoms with Crippen LogP contribution in [0, 0.1) is 15.9 Å². The minimum atomic E-state index is -0.847. The fraction of sp³-hybridized carbons (Fsp3) is 0.400. The molecule has 0 bridgehead atoms. The molecule has 0 unspecified atom stereocenters. The Kier molecular flexibility index (Phi) is 3.96. The third-order valence-electron chi connectivity index (χ3n) is 2.71. The van der Waals surface area contributed by atoms with Gasteiger partial charge in [-0.3, -0.25) is 14.3 Å². The number of nitrogens with zero attached hydrogens (tertiary/aromatic N) is 2. The van der Waals surface area contributed by atoms with Gasteiger partial charge in [-0.25, -0.2) is 4.39 Å². The van der Waals surface area contributed by atoms with Crippen LogP contribution in [-0.2, 0) is 10.8 Å². The van der Waals surface area contributed by atoms with Gasteiger partial charge in [0, 0.05) is 41.5 Å². The Morgan fingerprint density at radius 3 is 2.50 bits per heavy atom. The number of nitro benzene ring substituents is 1. The molecule has 0 radical (unpaired) electrons. The summed E-state index contributed by atoms with van der Waals surface area (Å²) < 4.78 is 25.5. The highest BCUT2D eigenvalue weighted by atomic mass is 79.9. The fourth-order valence-electron chi connectivity index (χ4n) is 1.82. The van der Waals surface area contributed by atoms with Crippen molar-refractivity contribution in [1.82, 2.24) is 0 Å². The number of non-ortho nitro benzene ring substituents is 1. The molecule has 0 aliphatic carbocycles. The van der Waals surface area contributed by atoms with Crippen LogP contribution in [0.5, 0.6) is 0 Å². The average molecular weight is 337 g/mol. The van der Waals surface area contributed by atoms with Gasteiger partial charge in [-0.2, -0.15) is 0 Å². The van der Waals surface area contributed by atoms with Gasteiger partial charge in [-0.05, 0) is 15.9 Å². The van der Waals surface area contributed by atoms with E-state index in [1.54, 1.807) is 4.90 Å². The summed E-state index contributed by atoms with van der Waals surface area (Å²) in [5.41, 5.74) is 0.0148. The van der Waals surface area contributed by atoms with E-state index in [-0.39, 0.29) is 5.69 Å². The summed E-state index contributed by atoms with van der Waals surface area (Å²) in [4.78, 5) is 11.7. The highest BCUT2D eigenvalue weighted by Crippen LogP contribution is 2.33. The van der Waals surface area contributed by atoms with Crippen molar-refractivity contribution in [2.45, 2.75) is 0 Å². The predicted octanol–water partition coefficient (Wildman–Crippen LogP) is 2.07. The predicted molar refractivity (Wildman–Crippen MR) is 70.8 cm³/mol. The van der Waals surface area contributed by atoms with Gasteiger partial charge in [0.2, 0.25) is 0 Å². The number of benzene rings is 1. The first kappa shape index (κ1) is 13.4. The molecule has 0 saturated carbocycles. The zero-order valence-electron chi connectivity index (χ0n) is 9.27. The molecule has 1 aromatic carbocycles. The number of halogens is 2. The largest absolute Gasteiger partial charge is 0.366 e. The Balaban J connectivity index is 2.33. The molecule has 1 fully saturated rings. The third kappa shape index (κ3) is 2.69. The van der Waals surface area contributed by atoms with Gasteiger partial charge in [0.25, 0.3) is 5.69 Å². The summed E-state index contributed by atoms with van der Waals surface area (Å²) in [5, 5.41) is 10.6. The smallest absolute Gasteiger partial charge is 0.273 e. The molecule has 5 nitrogen and oxygen atoms in total. The average Bonchev–Trinajstić information content (AvgIpc) is 2.30. The van der Waals surface area contributed by atoms with Crippen molar-refractivity contribution < 1.29 is 13.5 Å². The Morgan fingerprint density at radius 1 is 1.39 bits per heavy atom. The maximum Gasteiger partial charge on any atom is 0.273 e. The lowest BCUT2D eigenvalue weighted by Crippen LogP contribution is -2.38. The van der Waals surface area contributed by atoms with E-state index in [1.807, 2.05) is 0 Å². The van der Waals surface area contributed by atoms with Crippen LogP contribution in [0.4, 0.5) is 15.8 Å². The van der Waals surface area contributed by atoms with Gasteiger partial charge in [0.1, 0.15) is 0 Å². The molecule has 18 heavy (non-hydrogen) atoms. The second kappa shape index (κ2) is 5.31. The number of hydrogen-bond donors (Lipinski definition) is 0. The van der Waals surface area contributed by atoms with Gasteiger partial charge in [0.15, 0.2) is 5.82 Å². The Bertz CT molecular complexity index is 493. The van der Waals surface area contributed by atoms with Crippen molar-refractivity contribution in [2.24, 2.45) is 0 Å². The van der Waals surface area contributed by atoms with E-state index in [1.165, 1.54) is 6.07 Å². The van der Waals surface area contributed by atoms with Crippen LogP contribution in [0.1, 0.15) is 0 Å². The molecule has 1 aliphatic rings. The quantitative estimate of drug-likeness (QED) is 0.612. The number of hydrogen-bond acceptors (Lipinski definition) is 4. The van der Waals surface area contributed by atoms with Gasteiger partial charge in [-0.15, -0.1) is 0 Å². The van der Waals surface area contributed by atoms with Crippen molar-refractivity contribution in [3.63, 3.8) is 0 Å². The third-order valence-corrected chi connectivity index (χ3v) is 4.59. The van der Waals surface area contributed by atoms with E-state index in [2.05, 4.69) is 15.9 Å². The molecular formula is C10H10BrFN2O3S. The van der Waals surface area contributed by atoms with Gasteiger partial charge in [-0.1, -0.05) is 0 Å². The standard InChI is InChI=1S/C10H10BrFN2O3S/c11-8-5-7(14(15)16)6-9(12)10(8)13-1-3-18(17)4-2-13/h5-6H,1-4H2. The van der Waals surface area contributed by atoms with Crippen molar-refractivity contribution >= 4 is 38.1 Å². The van der Waals surface area contributed by atoms with Crippen LogP contribution in [-0.4, -0.2) is 33.7 Å². The summed E-state index contributed by atoms with van der Waals surface area (Å²) >= 11 is 3.15. The van der Waals surface area contributed by atoms with Crippen LogP contribution in [0.15, 0.2) is 16.6 Å². The Labute approximate surface area is 114 Å². The van der Waals surface area contributed by atoms with Crippen LogP contribution in [0.25, 0.3) is 0 Å². The first-order valence-electron chi connectivity index (χ1n) is 5.22. The highest BCUT2D eigenvalue weighted by Gasteiger charge is 2.23. The molecule has 0 aromatic heterocycles. The second-order valence-corrected chi connectivity index (χ2v) is 6.40. The van der Waals surface area contributed by atoms with Gasteiger partial charge in [0.05, 0.1) is 21.1 Å². The first-order valence-corrected chi connectivity index (χ1v) is 7.50.